The number of rotatable bonds is 8. The Labute approximate surface area is 189 Å². The Bertz CT molecular complexity index is 933. The number of aryl methyl sites for hydroxylation is 1. The Morgan fingerprint density at radius 2 is 1.81 bits per heavy atom. The summed E-state index contributed by atoms with van der Waals surface area (Å²) >= 11 is 0.457. The first-order valence-electron chi connectivity index (χ1n) is 10.4. The second-order valence-electron chi connectivity index (χ2n) is 7.80. The molecule has 1 aliphatic rings. The molecule has 2 N–H and O–H groups in total. The number of halogens is 3. The number of benzene rings is 2. The van der Waals surface area contributed by atoms with Crippen LogP contribution in [-0.2, 0) is 16.1 Å². The van der Waals surface area contributed by atoms with Crippen molar-refractivity contribution in [3.8, 4) is 0 Å². The first-order chi connectivity index (χ1) is 15.3. The summed E-state index contributed by atoms with van der Waals surface area (Å²) in [4.78, 5) is 27.1. The molecule has 3 rings (SSSR count). The van der Waals surface area contributed by atoms with Crippen molar-refractivity contribution in [1.29, 1.82) is 0 Å². The van der Waals surface area contributed by atoms with Crippen molar-refractivity contribution in [3.63, 3.8) is 0 Å². The van der Waals surface area contributed by atoms with E-state index in [-0.39, 0.29) is 36.6 Å². The van der Waals surface area contributed by atoms with Crippen LogP contribution in [0.4, 0.5) is 18.9 Å². The lowest BCUT2D eigenvalue weighted by Crippen LogP contribution is -2.43. The normalized spacial score (nSPS) is 15.0. The van der Waals surface area contributed by atoms with Gasteiger partial charge in [-0.25, -0.2) is 4.39 Å². The van der Waals surface area contributed by atoms with Gasteiger partial charge in [-0.05, 0) is 74.3 Å². The topological polar surface area (TPSA) is 61.4 Å². The van der Waals surface area contributed by atoms with E-state index in [4.69, 9.17) is 0 Å². The van der Waals surface area contributed by atoms with Crippen molar-refractivity contribution in [2.75, 3.05) is 25.0 Å². The predicted molar refractivity (Wildman–Crippen MR) is 119 cm³/mol. The number of nitrogens with one attached hydrogen (secondary N) is 2. The Morgan fingerprint density at radius 1 is 1.12 bits per heavy atom. The number of alkyl halides is 2. The van der Waals surface area contributed by atoms with E-state index in [9.17, 15) is 22.8 Å². The van der Waals surface area contributed by atoms with Gasteiger partial charge in [0, 0.05) is 23.0 Å². The van der Waals surface area contributed by atoms with Crippen LogP contribution >= 0.6 is 11.8 Å². The zero-order valence-corrected chi connectivity index (χ0v) is 18.6. The number of anilines is 1. The van der Waals surface area contributed by atoms with Crippen molar-refractivity contribution in [1.82, 2.24) is 10.2 Å². The van der Waals surface area contributed by atoms with Crippen LogP contribution in [0.2, 0.25) is 0 Å². The van der Waals surface area contributed by atoms with Gasteiger partial charge < -0.3 is 10.6 Å². The second kappa shape index (κ2) is 11.4. The highest BCUT2D eigenvalue weighted by Crippen LogP contribution is 2.26. The molecule has 1 saturated heterocycles. The zero-order chi connectivity index (χ0) is 23.1. The van der Waals surface area contributed by atoms with Gasteiger partial charge in [-0.15, -0.1) is 0 Å². The summed E-state index contributed by atoms with van der Waals surface area (Å²) in [5.41, 5.74) is 1.84. The molecule has 0 radical (unpaired) electrons. The Kier molecular flexibility index (Phi) is 8.58. The van der Waals surface area contributed by atoms with Gasteiger partial charge in [0.1, 0.15) is 5.82 Å². The van der Waals surface area contributed by atoms with Gasteiger partial charge in [-0.3, -0.25) is 14.5 Å². The van der Waals surface area contributed by atoms with Gasteiger partial charge >= 0.3 is 0 Å². The predicted octanol–water partition coefficient (Wildman–Crippen LogP) is 4.42. The summed E-state index contributed by atoms with van der Waals surface area (Å²) in [6.45, 7) is 3.42. The van der Waals surface area contributed by atoms with Gasteiger partial charge in [0.15, 0.2) is 0 Å². The standard InChI is InChI=1S/C23H26F3N3O2S/c1-15-2-3-16(12-20(15)24)13-27-22(31)17-8-10-29(11-9-17)14-21(30)28-18-4-6-19(7-5-18)32-23(25)26/h2-7,12,17,23H,8-11,13-14H2,1H3,(H,27,31)(H,28,30). The molecule has 0 aromatic heterocycles. The highest BCUT2D eigenvalue weighted by atomic mass is 32.2. The number of piperidine rings is 1. The van der Waals surface area contributed by atoms with Crippen LogP contribution < -0.4 is 10.6 Å². The van der Waals surface area contributed by atoms with Crippen LogP contribution in [-0.4, -0.2) is 42.1 Å². The van der Waals surface area contributed by atoms with Crippen LogP contribution in [0.5, 0.6) is 0 Å². The van der Waals surface area contributed by atoms with E-state index in [0.29, 0.717) is 53.8 Å². The number of hydrogen-bond donors (Lipinski definition) is 2. The molecule has 32 heavy (non-hydrogen) atoms. The van der Waals surface area contributed by atoms with E-state index in [1.165, 1.54) is 6.07 Å². The van der Waals surface area contributed by atoms with Crippen molar-refractivity contribution in [2.24, 2.45) is 5.92 Å². The fourth-order valence-electron chi connectivity index (χ4n) is 3.56. The Morgan fingerprint density at radius 3 is 2.44 bits per heavy atom. The zero-order valence-electron chi connectivity index (χ0n) is 17.7. The summed E-state index contributed by atoms with van der Waals surface area (Å²) in [6.07, 6.45) is 1.28. The molecule has 1 heterocycles. The molecule has 1 aliphatic heterocycles. The molecule has 0 unspecified atom stereocenters. The van der Waals surface area contributed by atoms with Crippen LogP contribution in [0.3, 0.4) is 0 Å². The average molecular weight is 466 g/mol. The third-order valence-electron chi connectivity index (χ3n) is 5.39. The molecule has 0 aliphatic carbocycles. The van der Waals surface area contributed by atoms with Crippen LogP contribution in [0.15, 0.2) is 47.4 Å². The van der Waals surface area contributed by atoms with Gasteiger partial charge in [0.2, 0.25) is 11.8 Å². The third kappa shape index (κ3) is 7.27. The minimum absolute atomic E-state index is 0.0585. The van der Waals surface area contributed by atoms with Crippen molar-refractivity contribution in [2.45, 2.75) is 37.0 Å². The van der Waals surface area contributed by atoms with E-state index in [1.807, 2.05) is 4.90 Å². The second-order valence-corrected chi connectivity index (χ2v) is 8.87. The van der Waals surface area contributed by atoms with Crippen LogP contribution in [0.25, 0.3) is 0 Å². The van der Waals surface area contributed by atoms with Crippen molar-refractivity contribution < 1.29 is 22.8 Å². The first kappa shape index (κ1) is 24.1. The summed E-state index contributed by atoms with van der Waals surface area (Å²) in [6, 6.07) is 11.2. The Balaban J connectivity index is 1.38. The lowest BCUT2D eigenvalue weighted by atomic mass is 9.95. The molecule has 2 aromatic rings. The molecular weight excluding hydrogens is 439 g/mol. The fourth-order valence-corrected chi connectivity index (χ4v) is 4.06. The minimum atomic E-state index is -2.48. The quantitative estimate of drug-likeness (QED) is 0.567. The van der Waals surface area contributed by atoms with E-state index in [1.54, 1.807) is 43.3 Å². The molecule has 0 spiro atoms. The monoisotopic (exact) mass is 465 g/mol. The summed E-state index contributed by atoms with van der Waals surface area (Å²) in [5.74, 6) is -3.15. The smallest absolute Gasteiger partial charge is 0.288 e. The van der Waals surface area contributed by atoms with E-state index >= 15 is 0 Å². The number of carbonyl (C=O) groups excluding carboxylic acids is 2. The lowest BCUT2D eigenvalue weighted by molar-refractivity contribution is -0.126. The number of hydrogen-bond acceptors (Lipinski definition) is 4. The van der Waals surface area contributed by atoms with Crippen molar-refractivity contribution in [3.05, 3.63) is 59.4 Å². The molecule has 9 heteroatoms. The summed E-state index contributed by atoms with van der Waals surface area (Å²) < 4.78 is 38.4. The molecule has 1 fully saturated rings. The lowest BCUT2D eigenvalue weighted by Gasteiger charge is -2.30. The minimum Gasteiger partial charge on any atom is -0.352 e. The molecule has 172 valence electrons. The maximum Gasteiger partial charge on any atom is 0.288 e. The van der Waals surface area contributed by atoms with Crippen LogP contribution in [0, 0.1) is 18.7 Å². The molecule has 0 saturated carbocycles. The molecular formula is C23H26F3N3O2S. The van der Waals surface area contributed by atoms with Gasteiger partial charge in [0.05, 0.1) is 6.54 Å². The van der Waals surface area contributed by atoms with E-state index < -0.39 is 5.76 Å². The Hall–Kier alpha value is -2.52. The average Bonchev–Trinajstić information content (AvgIpc) is 2.76. The molecule has 2 aromatic carbocycles. The van der Waals surface area contributed by atoms with E-state index in [0.717, 1.165) is 5.56 Å². The SMILES string of the molecule is Cc1ccc(CNC(=O)C2CCN(CC(=O)Nc3ccc(SC(F)F)cc3)CC2)cc1F. The van der Waals surface area contributed by atoms with Gasteiger partial charge in [0.25, 0.3) is 5.76 Å². The maximum absolute atomic E-state index is 13.6. The maximum atomic E-state index is 13.6. The summed E-state index contributed by atoms with van der Waals surface area (Å²) in [5, 5.41) is 5.63. The number of carbonyl (C=O) groups is 2. The highest BCUT2D eigenvalue weighted by Gasteiger charge is 2.25. The fraction of sp³-hybridized carbons (Fsp3) is 0.391. The number of nitrogens with zero attached hydrogens (tertiary/aromatic N) is 1. The number of thioether (sulfide) groups is 1. The molecule has 0 atom stereocenters. The van der Waals surface area contributed by atoms with Gasteiger partial charge in [-0.2, -0.15) is 8.78 Å². The number of amides is 2. The van der Waals surface area contributed by atoms with Crippen LogP contribution in [0.1, 0.15) is 24.0 Å². The molecule has 2 amide bonds. The molecule has 5 nitrogen and oxygen atoms in total. The third-order valence-corrected chi connectivity index (χ3v) is 6.11. The van der Waals surface area contributed by atoms with E-state index in [2.05, 4.69) is 10.6 Å². The first-order valence-corrected chi connectivity index (χ1v) is 11.3. The van der Waals surface area contributed by atoms with Crippen molar-refractivity contribution >= 4 is 29.3 Å². The number of likely N-dealkylation sites (tertiary alicyclic amines) is 1. The largest absolute Gasteiger partial charge is 0.352 e. The van der Waals surface area contributed by atoms with Gasteiger partial charge in [-0.1, -0.05) is 23.9 Å². The molecule has 0 bridgehead atoms. The highest BCUT2D eigenvalue weighted by molar-refractivity contribution is 7.99. The summed E-state index contributed by atoms with van der Waals surface area (Å²) in [7, 11) is 0.